The smallest absolute Gasteiger partial charge is 0.234 e. The van der Waals surface area contributed by atoms with Crippen molar-refractivity contribution >= 4 is 5.91 Å². The first-order valence-electron chi connectivity index (χ1n) is 7.79. The zero-order valence-corrected chi connectivity index (χ0v) is 13.1. The van der Waals surface area contributed by atoms with Gasteiger partial charge in [0.25, 0.3) is 0 Å². The highest BCUT2D eigenvalue weighted by atomic mass is 16.5. The van der Waals surface area contributed by atoms with Crippen molar-refractivity contribution in [3.05, 3.63) is 17.5 Å². The molecule has 2 rings (SSSR count). The highest BCUT2D eigenvalue weighted by Gasteiger charge is 2.15. The first kappa shape index (κ1) is 16.0. The zero-order chi connectivity index (χ0) is 15.1. The summed E-state index contributed by atoms with van der Waals surface area (Å²) in [5.41, 5.74) is 0.956. The number of hydrogen-bond acceptors (Lipinski definition) is 5. The molecule has 0 saturated carbocycles. The Kier molecular flexibility index (Phi) is 6.20. The molecule has 1 aromatic heterocycles. The van der Waals surface area contributed by atoms with Crippen LogP contribution < -0.4 is 5.32 Å². The molecule has 1 amide bonds. The monoisotopic (exact) mass is 294 g/mol. The molecular formula is C15H26N4O2. The van der Waals surface area contributed by atoms with Crippen LogP contribution in [0.3, 0.4) is 0 Å². The van der Waals surface area contributed by atoms with Crippen LogP contribution in [0.15, 0.2) is 10.6 Å². The van der Waals surface area contributed by atoms with Gasteiger partial charge in [-0.2, -0.15) is 0 Å². The van der Waals surface area contributed by atoms with Crippen molar-refractivity contribution in [1.29, 1.82) is 0 Å². The van der Waals surface area contributed by atoms with Gasteiger partial charge in [-0.05, 0) is 33.0 Å². The Balaban J connectivity index is 1.71. The fourth-order valence-electron chi connectivity index (χ4n) is 2.52. The molecule has 0 atom stereocenters. The van der Waals surface area contributed by atoms with Gasteiger partial charge in [0.05, 0.1) is 18.8 Å². The van der Waals surface area contributed by atoms with Gasteiger partial charge in [0, 0.05) is 19.2 Å². The van der Waals surface area contributed by atoms with Gasteiger partial charge in [-0.3, -0.25) is 9.69 Å². The van der Waals surface area contributed by atoms with Crippen LogP contribution in [0.25, 0.3) is 0 Å². The molecule has 118 valence electrons. The van der Waals surface area contributed by atoms with E-state index in [1.807, 2.05) is 6.07 Å². The lowest BCUT2D eigenvalue weighted by molar-refractivity contribution is -0.122. The molecule has 0 aliphatic carbocycles. The van der Waals surface area contributed by atoms with E-state index in [1.54, 1.807) is 0 Å². The van der Waals surface area contributed by atoms with E-state index in [0.29, 0.717) is 13.1 Å². The predicted octanol–water partition coefficient (Wildman–Crippen LogP) is 0.881. The van der Waals surface area contributed by atoms with E-state index in [0.717, 1.165) is 56.9 Å². The summed E-state index contributed by atoms with van der Waals surface area (Å²) < 4.78 is 5.21. The maximum Gasteiger partial charge on any atom is 0.234 e. The van der Waals surface area contributed by atoms with Crippen molar-refractivity contribution in [3.8, 4) is 0 Å². The van der Waals surface area contributed by atoms with Crippen molar-refractivity contribution in [1.82, 2.24) is 20.3 Å². The van der Waals surface area contributed by atoms with Crippen molar-refractivity contribution < 1.29 is 9.32 Å². The first-order valence-corrected chi connectivity index (χ1v) is 7.79. The van der Waals surface area contributed by atoms with Crippen LogP contribution in [0.2, 0.25) is 0 Å². The van der Waals surface area contributed by atoms with E-state index >= 15 is 0 Å². The molecule has 0 aromatic carbocycles. The minimum absolute atomic E-state index is 0.0491. The third-order valence-corrected chi connectivity index (χ3v) is 3.75. The quantitative estimate of drug-likeness (QED) is 0.844. The number of aromatic nitrogens is 1. The van der Waals surface area contributed by atoms with Crippen molar-refractivity contribution in [3.63, 3.8) is 0 Å². The molecule has 1 N–H and O–H groups in total. The summed E-state index contributed by atoms with van der Waals surface area (Å²) in [6, 6.07) is 1.92. The Bertz CT molecular complexity index is 447. The number of likely N-dealkylation sites (N-methyl/N-ethyl adjacent to an activating group) is 1. The van der Waals surface area contributed by atoms with Gasteiger partial charge in [0.15, 0.2) is 5.76 Å². The number of carbonyl (C=O) groups is 1. The number of aryl methyl sites for hydroxylation is 1. The molecule has 0 spiro atoms. The van der Waals surface area contributed by atoms with Crippen LogP contribution in [-0.2, 0) is 17.8 Å². The fraction of sp³-hybridized carbons (Fsp3) is 0.733. The van der Waals surface area contributed by atoms with E-state index in [4.69, 9.17) is 4.52 Å². The Hall–Kier alpha value is -1.40. The maximum atomic E-state index is 12.0. The molecule has 2 heterocycles. The van der Waals surface area contributed by atoms with Crippen molar-refractivity contribution in [2.75, 3.05) is 39.8 Å². The lowest BCUT2D eigenvalue weighted by atomic mass is 10.2. The molecule has 1 aromatic rings. The molecule has 6 heteroatoms. The molecule has 0 bridgehead atoms. The number of rotatable bonds is 6. The second-order valence-corrected chi connectivity index (χ2v) is 5.74. The molecule has 21 heavy (non-hydrogen) atoms. The van der Waals surface area contributed by atoms with Crippen molar-refractivity contribution in [2.24, 2.45) is 0 Å². The summed E-state index contributed by atoms with van der Waals surface area (Å²) in [5.74, 6) is 0.774. The molecular weight excluding hydrogens is 268 g/mol. The number of carbonyl (C=O) groups excluding carboxylic acids is 1. The van der Waals surface area contributed by atoms with E-state index < -0.39 is 0 Å². The second-order valence-electron chi connectivity index (χ2n) is 5.74. The molecule has 1 saturated heterocycles. The Morgan fingerprint density at radius 1 is 1.38 bits per heavy atom. The maximum absolute atomic E-state index is 12.0. The molecule has 6 nitrogen and oxygen atoms in total. The average molecular weight is 294 g/mol. The molecule has 1 aliphatic rings. The standard InChI is InChI=1S/C15H26N4O2/c1-3-5-13-10-14(21-17-13)11-16-15(20)12-19-7-4-6-18(2)8-9-19/h10H,3-9,11-12H2,1-2H3,(H,16,20). The third kappa shape index (κ3) is 5.47. The van der Waals surface area contributed by atoms with E-state index in [-0.39, 0.29) is 5.91 Å². The van der Waals surface area contributed by atoms with Crippen LogP contribution in [0.1, 0.15) is 31.2 Å². The predicted molar refractivity (Wildman–Crippen MR) is 80.9 cm³/mol. The Morgan fingerprint density at radius 2 is 2.24 bits per heavy atom. The topological polar surface area (TPSA) is 61.6 Å². The fourth-order valence-corrected chi connectivity index (χ4v) is 2.52. The molecule has 0 radical (unpaired) electrons. The summed E-state index contributed by atoms with van der Waals surface area (Å²) in [4.78, 5) is 16.5. The van der Waals surface area contributed by atoms with Crippen LogP contribution in [0, 0.1) is 0 Å². The number of amides is 1. The van der Waals surface area contributed by atoms with E-state index in [2.05, 4.69) is 34.2 Å². The zero-order valence-electron chi connectivity index (χ0n) is 13.1. The summed E-state index contributed by atoms with van der Waals surface area (Å²) in [6.45, 7) is 7.06. The van der Waals surface area contributed by atoms with Gasteiger partial charge >= 0.3 is 0 Å². The van der Waals surface area contributed by atoms with Gasteiger partial charge < -0.3 is 14.7 Å². The number of nitrogens with zero attached hydrogens (tertiary/aromatic N) is 3. The SMILES string of the molecule is CCCc1cc(CNC(=O)CN2CCCN(C)CC2)on1. The largest absolute Gasteiger partial charge is 0.359 e. The minimum Gasteiger partial charge on any atom is -0.359 e. The van der Waals surface area contributed by atoms with Crippen molar-refractivity contribution in [2.45, 2.75) is 32.7 Å². The van der Waals surface area contributed by atoms with Crippen LogP contribution >= 0.6 is 0 Å². The lowest BCUT2D eigenvalue weighted by Crippen LogP contribution is -2.38. The molecule has 1 fully saturated rings. The molecule has 1 aliphatic heterocycles. The minimum atomic E-state index is 0.0491. The lowest BCUT2D eigenvalue weighted by Gasteiger charge is -2.19. The van der Waals surface area contributed by atoms with Gasteiger partial charge in [-0.15, -0.1) is 0 Å². The second kappa shape index (κ2) is 8.14. The van der Waals surface area contributed by atoms with Crippen LogP contribution in [0.4, 0.5) is 0 Å². The van der Waals surface area contributed by atoms with Gasteiger partial charge in [-0.1, -0.05) is 18.5 Å². The summed E-state index contributed by atoms with van der Waals surface area (Å²) in [7, 11) is 2.13. The first-order chi connectivity index (χ1) is 10.2. The van der Waals surface area contributed by atoms with Crippen LogP contribution in [0.5, 0.6) is 0 Å². The number of nitrogens with one attached hydrogen (secondary N) is 1. The average Bonchev–Trinajstić information content (AvgIpc) is 2.81. The Morgan fingerprint density at radius 3 is 3.05 bits per heavy atom. The highest BCUT2D eigenvalue weighted by molar-refractivity contribution is 5.77. The van der Waals surface area contributed by atoms with Gasteiger partial charge in [0.1, 0.15) is 0 Å². The Labute approximate surface area is 126 Å². The highest BCUT2D eigenvalue weighted by Crippen LogP contribution is 2.05. The van der Waals surface area contributed by atoms with Crippen LogP contribution in [-0.4, -0.2) is 60.6 Å². The summed E-state index contributed by atoms with van der Waals surface area (Å²) >= 11 is 0. The number of hydrogen-bond donors (Lipinski definition) is 1. The van der Waals surface area contributed by atoms with Gasteiger partial charge in [-0.25, -0.2) is 0 Å². The summed E-state index contributed by atoms with van der Waals surface area (Å²) in [6.07, 6.45) is 3.08. The summed E-state index contributed by atoms with van der Waals surface area (Å²) in [5, 5.41) is 6.88. The van der Waals surface area contributed by atoms with E-state index in [9.17, 15) is 4.79 Å². The normalized spacial score (nSPS) is 17.6. The molecule has 0 unspecified atom stereocenters. The third-order valence-electron chi connectivity index (χ3n) is 3.75. The van der Waals surface area contributed by atoms with Gasteiger partial charge in [0.2, 0.25) is 5.91 Å². The van der Waals surface area contributed by atoms with E-state index in [1.165, 1.54) is 0 Å².